The Morgan fingerprint density at radius 2 is 2.06 bits per heavy atom. The summed E-state index contributed by atoms with van der Waals surface area (Å²) in [4.78, 5) is 13.3. The molecule has 0 amide bonds. The molecule has 4 aliphatic carbocycles. The smallest absolute Gasteiger partial charge is 0.157 e. The van der Waals surface area contributed by atoms with Gasteiger partial charge in [-0.3, -0.25) is 9.48 Å². The van der Waals surface area contributed by atoms with Crippen molar-refractivity contribution in [2.45, 2.75) is 83.8 Å². The number of aliphatic hydroxyl groups is 1. The van der Waals surface area contributed by atoms with Crippen LogP contribution in [-0.2, 0) is 11.3 Å². The van der Waals surface area contributed by atoms with Gasteiger partial charge in [-0.1, -0.05) is 32.1 Å². The topological polar surface area (TPSA) is 78.9 Å². The molecule has 31 heavy (non-hydrogen) atoms. The molecular weight excluding hydrogens is 612 g/mol. The minimum atomic E-state index is -0.495. The predicted octanol–water partition coefficient (Wildman–Crippen LogP) is 4.30. The minimum Gasteiger partial charge on any atom is -0.393 e. The molecule has 1 aromatic rings. The first-order valence-electron chi connectivity index (χ1n) is 11.8. The molecule has 0 spiro atoms. The van der Waals surface area contributed by atoms with Crippen LogP contribution in [0.2, 0.25) is 0 Å². The minimum absolute atomic E-state index is 0. The van der Waals surface area contributed by atoms with E-state index in [0.29, 0.717) is 29.7 Å². The van der Waals surface area contributed by atoms with Crippen molar-refractivity contribution in [2.75, 3.05) is 0 Å². The Morgan fingerprint density at radius 1 is 1.26 bits per heavy atom. The van der Waals surface area contributed by atoms with Gasteiger partial charge in [0.25, 0.3) is 0 Å². The number of rotatable bonds is 3. The van der Waals surface area contributed by atoms with E-state index in [0.717, 1.165) is 43.9 Å². The van der Waals surface area contributed by atoms with E-state index in [-0.39, 0.29) is 42.4 Å². The van der Waals surface area contributed by atoms with Gasteiger partial charge in [0.2, 0.25) is 0 Å². The number of aromatic nitrogens is 2. The molecule has 0 unspecified atom stereocenters. The number of carbonyl (C=O) groups is 1. The summed E-state index contributed by atoms with van der Waals surface area (Å²) < 4.78 is 1.64. The molecule has 1 N–H and O–H groups in total. The first-order chi connectivity index (χ1) is 14.3. The molecule has 0 aromatic carbocycles. The van der Waals surface area contributed by atoms with Crippen molar-refractivity contribution in [3.63, 3.8) is 0 Å². The first-order valence-corrected chi connectivity index (χ1v) is 11.8. The van der Waals surface area contributed by atoms with Crippen LogP contribution in [0.4, 0.5) is 0 Å². The Balaban J connectivity index is 0.00000231. The molecule has 1 heterocycles. The summed E-state index contributed by atoms with van der Waals surface area (Å²) in [5.41, 5.74) is 0.130. The van der Waals surface area contributed by atoms with Crippen molar-refractivity contribution in [1.29, 1.82) is 5.26 Å². The van der Waals surface area contributed by atoms with Gasteiger partial charge in [0.05, 0.1) is 18.3 Å². The number of nitrogens with zero attached hydrogens (tertiary/aromatic N) is 3. The Labute approximate surface area is 209 Å². The Hall–Kier alpha value is -0.618. The van der Waals surface area contributed by atoms with Crippen molar-refractivity contribution in [2.24, 2.45) is 35.0 Å². The van der Waals surface area contributed by atoms with Crippen molar-refractivity contribution >= 4 is 5.78 Å². The largest absolute Gasteiger partial charge is 0.393 e. The molecule has 1 aromatic heterocycles. The van der Waals surface area contributed by atoms with Gasteiger partial charge >= 0.3 is 0 Å². The monoisotopic (exact) mass is 646 g/mol. The van der Waals surface area contributed by atoms with Gasteiger partial charge in [0.15, 0.2) is 5.78 Å². The van der Waals surface area contributed by atoms with Crippen molar-refractivity contribution in [1.82, 2.24) is 9.78 Å². The predicted molar refractivity (Wildman–Crippen MR) is 113 cm³/mol. The van der Waals surface area contributed by atoms with Gasteiger partial charge in [-0.25, -0.2) is 0 Å². The fourth-order valence-electron chi connectivity index (χ4n) is 8.06. The number of hydrogen-bond donors (Lipinski definition) is 1. The second-order valence-corrected chi connectivity index (χ2v) is 11.1. The van der Waals surface area contributed by atoms with Crippen LogP contribution < -0.4 is 0 Å². The maximum Gasteiger partial charge on any atom is 0.157 e. The first kappa shape index (κ1) is 23.5. The van der Waals surface area contributed by atoms with E-state index in [9.17, 15) is 9.90 Å². The number of hydrogen-bond acceptors (Lipinski definition) is 4. The number of fused-ring (bicyclic) bond motifs is 5. The molecule has 6 heteroatoms. The van der Waals surface area contributed by atoms with Crippen LogP contribution in [-0.4, -0.2) is 26.3 Å². The summed E-state index contributed by atoms with van der Waals surface area (Å²) in [7, 11) is 0. The number of Topliss-reactive ketones (excluding diaryl/α,β-unsaturated/α-hetero) is 1. The summed E-state index contributed by atoms with van der Waals surface area (Å²) >= 11 is 0. The molecule has 4 aliphatic rings. The third-order valence-corrected chi connectivity index (χ3v) is 9.40. The van der Waals surface area contributed by atoms with Crippen molar-refractivity contribution < 1.29 is 41.0 Å². The Morgan fingerprint density at radius 3 is 2.81 bits per heavy atom. The average Bonchev–Trinajstić information content (AvgIpc) is 3.30. The molecule has 0 saturated heterocycles. The Kier molecular flexibility index (Phi) is 6.55. The van der Waals surface area contributed by atoms with Crippen molar-refractivity contribution in [3.05, 3.63) is 23.9 Å². The summed E-state index contributed by atoms with van der Waals surface area (Å²) in [5.74, 6) is 4.92. The standard InChI is InChI=1S/C25H34N3O2.U/c1-24(30)9-7-18-17(11-24)3-4-20-19(18)8-10-25(2)21(20)5-6-22(25)23(29)15-28-14-16(12-26)13-27-28;/h13-14,18-22,30H,3-11,15H2,1-2H3;/q-1;/t18-,19+,20+,21-,22+,24+,25-;/m0./s1. The van der Waals surface area contributed by atoms with Gasteiger partial charge in [0.1, 0.15) is 6.07 Å². The summed E-state index contributed by atoms with van der Waals surface area (Å²) in [6.45, 7) is 4.68. The molecule has 0 bridgehead atoms. The summed E-state index contributed by atoms with van der Waals surface area (Å²) in [5, 5.41) is 23.8. The van der Waals surface area contributed by atoms with E-state index < -0.39 is 5.60 Å². The molecular formula is C25H34N3O2U-. The molecule has 0 aliphatic heterocycles. The van der Waals surface area contributed by atoms with Gasteiger partial charge in [-0.2, -0.15) is 22.7 Å². The van der Waals surface area contributed by atoms with Crippen LogP contribution in [0, 0.1) is 83.4 Å². The number of ketones is 1. The molecule has 5 nitrogen and oxygen atoms in total. The van der Waals surface area contributed by atoms with Gasteiger partial charge < -0.3 is 11.0 Å². The Bertz CT molecular complexity index is 874. The second-order valence-electron chi connectivity index (χ2n) is 11.1. The van der Waals surface area contributed by atoms with Crippen LogP contribution in [0.25, 0.3) is 0 Å². The van der Waals surface area contributed by atoms with Crippen LogP contribution in [0.15, 0.2) is 12.4 Å². The molecule has 4 fully saturated rings. The zero-order chi connectivity index (χ0) is 21.1. The maximum absolute atomic E-state index is 13.3. The van der Waals surface area contributed by atoms with Crippen molar-refractivity contribution in [3.8, 4) is 6.07 Å². The normalized spacial score (nSPS) is 41.9. The molecule has 0 radical (unpaired) electrons. The zero-order valence-corrected chi connectivity index (χ0v) is 23.0. The van der Waals surface area contributed by atoms with E-state index in [2.05, 4.69) is 18.1 Å². The molecule has 166 valence electrons. The summed E-state index contributed by atoms with van der Waals surface area (Å²) in [6, 6.07) is 2.09. The van der Waals surface area contributed by atoms with Crippen LogP contribution >= 0.6 is 0 Å². The van der Waals surface area contributed by atoms with Gasteiger partial charge in [-0.05, 0) is 49.9 Å². The molecule has 7 atom stereocenters. The number of nitriles is 1. The van der Waals surface area contributed by atoms with Crippen LogP contribution in [0.1, 0.15) is 77.2 Å². The molecule has 5 rings (SSSR count). The zero-order valence-electron chi connectivity index (χ0n) is 18.8. The van der Waals surface area contributed by atoms with E-state index in [1.54, 1.807) is 16.8 Å². The molecule has 4 saturated carbocycles. The van der Waals surface area contributed by atoms with E-state index in [1.807, 2.05) is 6.92 Å². The van der Waals surface area contributed by atoms with Crippen LogP contribution in [0.3, 0.4) is 0 Å². The quantitative estimate of drug-likeness (QED) is 0.497. The average molecular weight is 647 g/mol. The third kappa shape index (κ3) is 4.09. The fourth-order valence-corrected chi connectivity index (χ4v) is 8.06. The maximum atomic E-state index is 13.3. The van der Waals surface area contributed by atoms with E-state index >= 15 is 0 Å². The SMILES string of the molecule is C[C@@]1(O)CC[C@H]2[C-](CC[C@@H]3[C@@H]2CC[C@]2(C)[C@@H](C(=O)Cn4cc(C#N)cn4)CC[C@@H]32)C1.[U]. The summed E-state index contributed by atoms with van der Waals surface area (Å²) in [6.07, 6.45) is 13.2. The van der Waals surface area contributed by atoms with E-state index in [1.165, 1.54) is 31.9 Å². The van der Waals surface area contributed by atoms with E-state index in [4.69, 9.17) is 5.26 Å². The number of carbonyl (C=O) groups excluding carboxylic acids is 1. The van der Waals surface area contributed by atoms with Crippen LogP contribution in [0.5, 0.6) is 0 Å². The fraction of sp³-hybridized carbons (Fsp3) is 0.760. The second kappa shape index (κ2) is 8.63. The van der Waals surface area contributed by atoms with Gasteiger partial charge in [0, 0.05) is 48.8 Å². The third-order valence-electron chi connectivity index (χ3n) is 9.40. The van der Waals surface area contributed by atoms with Gasteiger partial charge in [-0.15, -0.1) is 6.42 Å².